The van der Waals surface area contributed by atoms with Crippen molar-refractivity contribution in [2.24, 2.45) is 0 Å². The maximum atomic E-state index is 12.1. The molecule has 1 amide bonds. The standard InChI is InChI=1S/C21H25N5O2S/c1-14-8-15(2)10-18(9-14)28-12-19-24-25-21(26(19)22)29-13-20(27)23-11-17-7-5-4-6-16(17)3/h4-10H,11-13,22H2,1-3H3,(H,23,27). The molecule has 8 heteroatoms. The molecule has 0 bridgehead atoms. The number of nitrogens with one attached hydrogen (secondary N) is 1. The Kier molecular flexibility index (Phi) is 6.77. The Balaban J connectivity index is 1.50. The van der Waals surface area contributed by atoms with Gasteiger partial charge in [-0.3, -0.25) is 4.79 Å². The van der Waals surface area contributed by atoms with Crippen LogP contribution in [0.15, 0.2) is 47.6 Å². The van der Waals surface area contributed by atoms with Crippen LogP contribution in [0.5, 0.6) is 5.75 Å². The van der Waals surface area contributed by atoms with Crippen LogP contribution >= 0.6 is 11.8 Å². The number of nitrogen functional groups attached to an aromatic ring is 1. The monoisotopic (exact) mass is 411 g/mol. The predicted molar refractivity (Wildman–Crippen MR) is 114 cm³/mol. The second kappa shape index (κ2) is 9.47. The number of carbonyl (C=O) groups excluding carboxylic acids is 1. The lowest BCUT2D eigenvalue weighted by molar-refractivity contribution is -0.118. The molecular weight excluding hydrogens is 386 g/mol. The van der Waals surface area contributed by atoms with Crippen molar-refractivity contribution in [2.45, 2.75) is 39.1 Å². The van der Waals surface area contributed by atoms with Gasteiger partial charge in [-0.1, -0.05) is 42.1 Å². The first kappa shape index (κ1) is 20.7. The van der Waals surface area contributed by atoms with E-state index >= 15 is 0 Å². The zero-order valence-corrected chi connectivity index (χ0v) is 17.6. The third kappa shape index (κ3) is 5.74. The van der Waals surface area contributed by atoms with Gasteiger partial charge in [0.25, 0.3) is 0 Å². The first-order valence-corrected chi connectivity index (χ1v) is 10.3. The van der Waals surface area contributed by atoms with Crippen molar-refractivity contribution in [1.29, 1.82) is 0 Å². The summed E-state index contributed by atoms with van der Waals surface area (Å²) in [6, 6.07) is 14.0. The molecule has 2 aromatic carbocycles. The number of rotatable bonds is 8. The zero-order chi connectivity index (χ0) is 20.8. The normalized spacial score (nSPS) is 10.7. The highest BCUT2D eigenvalue weighted by molar-refractivity contribution is 7.99. The van der Waals surface area contributed by atoms with E-state index in [0.29, 0.717) is 17.5 Å². The number of benzene rings is 2. The van der Waals surface area contributed by atoms with Crippen LogP contribution in [0.4, 0.5) is 0 Å². The summed E-state index contributed by atoms with van der Waals surface area (Å²) < 4.78 is 7.14. The number of thioether (sulfide) groups is 1. The summed E-state index contributed by atoms with van der Waals surface area (Å²) in [4.78, 5) is 12.1. The van der Waals surface area contributed by atoms with Gasteiger partial charge in [-0.15, -0.1) is 10.2 Å². The number of nitrogens with zero attached hydrogens (tertiary/aromatic N) is 3. The highest BCUT2D eigenvalue weighted by atomic mass is 32.2. The Labute approximate surface area is 174 Å². The first-order valence-electron chi connectivity index (χ1n) is 9.27. The molecule has 0 saturated heterocycles. The molecule has 0 aliphatic carbocycles. The predicted octanol–water partition coefficient (Wildman–Crippen LogP) is 2.90. The molecule has 1 heterocycles. The topological polar surface area (TPSA) is 95.1 Å². The molecule has 0 saturated carbocycles. The molecule has 29 heavy (non-hydrogen) atoms. The van der Waals surface area contributed by atoms with Crippen LogP contribution < -0.4 is 15.9 Å². The number of nitrogens with two attached hydrogens (primary N) is 1. The lowest BCUT2D eigenvalue weighted by atomic mass is 10.1. The fourth-order valence-corrected chi connectivity index (χ4v) is 3.56. The number of amides is 1. The smallest absolute Gasteiger partial charge is 0.230 e. The molecule has 0 unspecified atom stereocenters. The summed E-state index contributed by atoms with van der Waals surface area (Å²) in [6.45, 7) is 6.76. The highest BCUT2D eigenvalue weighted by Crippen LogP contribution is 2.19. The van der Waals surface area contributed by atoms with Gasteiger partial charge in [-0.05, 0) is 55.2 Å². The largest absolute Gasteiger partial charge is 0.486 e. The molecule has 0 spiro atoms. The second-order valence-electron chi connectivity index (χ2n) is 6.87. The van der Waals surface area contributed by atoms with E-state index < -0.39 is 0 Å². The summed E-state index contributed by atoms with van der Waals surface area (Å²) in [5, 5.41) is 11.5. The minimum absolute atomic E-state index is 0.0886. The van der Waals surface area contributed by atoms with E-state index in [4.69, 9.17) is 10.6 Å². The van der Waals surface area contributed by atoms with E-state index in [9.17, 15) is 4.79 Å². The van der Waals surface area contributed by atoms with Gasteiger partial charge in [0, 0.05) is 6.54 Å². The molecule has 0 fully saturated rings. The van der Waals surface area contributed by atoms with Gasteiger partial charge < -0.3 is 15.9 Å². The van der Waals surface area contributed by atoms with Crippen molar-refractivity contribution in [3.8, 4) is 5.75 Å². The molecule has 3 aromatic rings. The summed E-state index contributed by atoms with van der Waals surface area (Å²) in [5.74, 6) is 7.43. The number of aromatic nitrogens is 3. The van der Waals surface area contributed by atoms with Crippen molar-refractivity contribution < 1.29 is 9.53 Å². The van der Waals surface area contributed by atoms with Gasteiger partial charge in [-0.25, -0.2) is 4.68 Å². The van der Waals surface area contributed by atoms with Crippen LogP contribution in [0.1, 0.15) is 28.1 Å². The van der Waals surface area contributed by atoms with Crippen molar-refractivity contribution in [1.82, 2.24) is 20.2 Å². The Hall–Kier alpha value is -3.00. The van der Waals surface area contributed by atoms with E-state index in [1.165, 1.54) is 16.4 Å². The molecule has 1 aromatic heterocycles. The second-order valence-corrected chi connectivity index (χ2v) is 7.82. The quantitative estimate of drug-likeness (QED) is 0.437. The lowest BCUT2D eigenvalue weighted by Gasteiger charge is -2.09. The van der Waals surface area contributed by atoms with Crippen molar-refractivity contribution in [3.05, 3.63) is 70.5 Å². The van der Waals surface area contributed by atoms with Gasteiger partial charge in [0.05, 0.1) is 5.75 Å². The van der Waals surface area contributed by atoms with Crippen molar-refractivity contribution in [2.75, 3.05) is 11.6 Å². The molecule has 3 rings (SSSR count). The summed E-state index contributed by atoms with van der Waals surface area (Å²) in [5.41, 5.74) is 4.50. The van der Waals surface area contributed by atoms with E-state index in [2.05, 4.69) is 21.6 Å². The van der Waals surface area contributed by atoms with Gasteiger partial charge in [-0.2, -0.15) is 0 Å². The molecule has 0 atom stereocenters. The van der Waals surface area contributed by atoms with Crippen molar-refractivity contribution in [3.63, 3.8) is 0 Å². The van der Waals surface area contributed by atoms with Crippen molar-refractivity contribution >= 4 is 17.7 Å². The van der Waals surface area contributed by atoms with Crippen LogP contribution in [-0.2, 0) is 17.9 Å². The number of aryl methyl sites for hydroxylation is 3. The van der Waals surface area contributed by atoms with Crippen LogP contribution in [0, 0.1) is 20.8 Å². The fraction of sp³-hybridized carbons (Fsp3) is 0.286. The zero-order valence-electron chi connectivity index (χ0n) is 16.8. The number of hydrogen-bond acceptors (Lipinski definition) is 6. The maximum absolute atomic E-state index is 12.1. The maximum Gasteiger partial charge on any atom is 0.230 e. The molecule has 0 aliphatic rings. The highest BCUT2D eigenvalue weighted by Gasteiger charge is 2.13. The molecule has 7 nitrogen and oxygen atoms in total. The number of carbonyl (C=O) groups is 1. The van der Waals surface area contributed by atoms with E-state index in [1.54, 1.807) is 0 Å². The Morgan fingerprint density at radius 2 is 1.86 bits per heavy atom. The van der Waals surface area contributed by atoms with Crippen LogP contribution in [0.25, 0.3) is 0 Å². The number of ether oxygens (including phenoxy) is 1. The summed E-state index contributed by atoms with van der Waals surface area (Å²) in [6.07, 6.45) is 0. The fourth-order valence-electron chi connectivity index (χ4n) is 2.85. The van der Waals surface area contributed by atoms with E-state index in [1.807, 2.05) is 57.2 Å². The third-order valence-electron chi connectivity index (χ3n) is 4.37. The summed E-state index contributed by atoms with van der Waals surface area (Å²) in [7, 11) is 0. The molecule has 0 radical (unpaired) electrons. The number of hydrogen-bond donors (Lipinski definition) is 2. The molecular formula is C21H25N5O2S. The Bertz CT molecular complexity index is 982. The first-order chi connectivity index (χ1) is 13.9. The third-order valence-corrected chi connectivity index (χ3v) is 5.31. The van der Waals surface area contributed by atoms with Gasteiger partial charge in [0.2, 0.25) is 11.1 Å². The summed E-state index contributed by atoms with van der Waals surface area (Å²) >= 11 is 1.24. The Morgan fingerprint density at radius 1 is 1.14 bits per heavy atom. The van der Waals surface area contributed by atoms with Gasteiger partial charge in [0.15, 0.2) is 5.82 Å². The minimum atomic E-state index is -0.0886. The molecule has 152 valence electrons. The van der Waals surface area contributed by atoms with Gasteiger partial charge >= 0.3 is 0 Å². The van der Waals surface area contributed by atoms with Gasteiger partial charge in [0.1, 0.15) is 12.4 Å². The van der Waals surface area contributed by atoms with Crippen LogP contribution in [-0.4, -0.2) is 26.5 Å². The Morgan fingerprint density at radius 3 is 2.59 bits per heavy atom. The van der Waals surface area contributed by atoms with Crippen LogP contribution in [0.3, 0.4) is 0 Å². The molecule has 0 aliphatic heterocycles. The molecule has 3 N–H and O–H groups in total. The van der Waals surface area contributed by atoms with E-state index in [-0.39, 0.29) is 18.3 Å². The SMILES string of the molecule is Cc1cc(C)cc(OCc2nnc(SCC(=O)NCc3ccccc3C)n2N)c1. The lowest BCUT2D eigenvalue weighted by Crippen LogP contribution is -2.25. The minimum Gasteiger partial charge on any atom is -0.486 e. The average Bonchev–Trinajstić information content (AvgIpc) is 3.03. The van der Waals surface area contributed by atoms with Crippen LogP contribution in [0.2, 0.25) is 0 Å². The van der Waals surface area contributed by atoms with E-state index in [0.717, 1.165) is 28.0 Å². The average molecular weight is 412 g/mol.